The van der Waals surface area contributed by atoms with Crippen molar-refractivity contribution in [2.45, 2.75) is 46.6 Å². The summed E-state index contributed by atoms with van der Waals surface area (Å²) in [5.41, 5.74) is 1.34. The van der Waals surface area contributed by atoms with Gasteiger partial charge in [-0.05, 0) is 55.8 Å². The monoisotopic (exact) mass is 275 g/mol. The summed E-state index contributed by atoms with van der Waals surface area (Å²) in [6, 6.07) is 4.79. The summed E-state index contributed by atoms with van der Waals surface area (Å²) >= 11 is 0. The van der Waals surface area contributed by atoms with Crippen molar-refractivity contribution >= 4 is 5.82 Å². The number of anilines is 1. The number of nitrogens with one attached hydrogen (secondary N) is 1. The van der Waals surface area contributed by atoms with E-state index < -0.39 is 0 Å². The van der Waals surface area contributed by atoms with Gasteiger partial charge in [0.15, 0.2) is 0 Å². The number of hydrogen-bond acceptors (Lipinski definition) is 3. The molecule has 0 amide bonds. The van der Waals surface area contributed by atoms with E-state index in [-0.39, 0.29) is 0 Å². The predicted molar refractivity (Wildman–Crippen MR) is 86.1 cm³/mol. The molecule has 1 fully saturated rings. The van der Waals surface area contributed by atoms with E-state index in [2.05, 4.69) is 55.0 Å². The van der Waals surface area contributed by atoms with Crippen molar-refractivity contribution in [1.82, 2.24) is 10.3 Å². The molecule has 2 atom stereocenters. The van der Waals surface area contributed by atoms with Gasteiger partial charge in [-0.15, -0.1) is 0 Å². The van der Waals surface area contributed by atoms with Crippen LogP contribution in [0.1, 0.15) is 52.1 Å². The lowest BCUT2D eigenvalue weighted by Crippen LogP contribution is -2.23. The number of nitrogens with zero attached hydrogens (tertiary/aromatic N) is 2. The Hall–Kier alpha value is -1.09. The Balaban J connectivity index is 2.03. The standard InChI is InChI=1S/C17H29N3/c1-5-8-18-14(4)15-6-9-19-17(11-15)20-10-7-16(12-20)13(2)3/h6,9,11,13-14,16,18H,5,7-8,10,12H2,1-4H3. The molecule has 20 heavy (non-hydrogen) atoms. The van der Waals surface area contributed by atoms with E-state index >= 15 is 0 Å². The zero-order chi connectivity index (χ0) is 14.5. The lowest BCUT2D eigenvalue weighted by atomic mass is 9.95. The van der Waals surface area contributed by atoms with Crippen LogP contribution < -0.4 is 10.2 Å². The minimum Gasteiger partial charge on any atom is -0.356 e. The molecular formula is C17H29N3. The molecule has 3 heteroatoms. The first-order chi connectivity index (χ1) is 9.61. The summed E-state index contributed by atoms with van der Waals surface area (Å²) in [4.78, 5) is 7.02. The molecule has 1 saturated heterocycles. The lowest BCUT2D eigenvalue weighted by Gasteiger charge is -2.21. The highest BCUT2D eigenvalue weighted by molar-refractivity contribution is 5.43. The molecule has 0 aliphatic carbocycles. The number of pyridine rings is 1. The first kappa shape index (κ1) is 15.3. The van der Waals surface area contributed by atoms with Gasteiger partial charge >= 0.3 is 0 Å². The van der Waals surface area contributed by atoms with E-state index in [4.69, 9.17) is 0 Å². The van der Waals surface area contributed by atoms with Crippen molar-refractivity contribution in [3.05, 3.63) is 23.9 Å². The Morgan fingerprint density at radius 3 is 2.85 bits per heavy atom. The first-order valence-electron chi connectivity index (χ1n) is 8.06. The van der Waals surface area contributed by atoms with Crippen LogP contribution >= 0.6 is 0 Å². The van der Waals surface area contributed by atoms with Crippen LogP contribution in [0.2, 0.25) is 0 Å². The molecule has 0 saturated carbocycles. The third kappa shape index (κ3) is 3.72. The second-order valence-corrected chi connectivity index (χ2v) is 6.36. The molecule has 0 bridgehead atoms. The van der Waals surface area contributed by atoms with Crippen molar-refractivity contribution in [2.24, 2.45) is 11.8 Å². The molecule has 0 radical (unpaired) electrons. The van der Waals surface area contributed by atoms with Crippen LogP contribution in [0.15, 0.2) is 18.3 Å². The fourth-order valence-corrected chi connectivity index (χ4v) is 2.89. The highest BCUT2D eigenvalue weighted by atomic mass is 15.2. The molecule has 1 aromatic heterocycles. The summed E-state index contributed by atoms with van der Waals surface area (Å²) < 4.78 is 0. The Kier molecular flexibility index (Phi) is 5.41. The molecule has 112 valence electrons. The Morgan fingerprint density at radius 2 is 2.20 bits per heavy atom. The van der Waals surface area contributed by atoms with Gasteiger partial charge in [-0.25, -0.2) is 4.98 Å². The van der Waals surface area contributed by atoms with Crippen LogP contribution in [0, 0.1) is 11.8 Å². The van der Waals surface area contributed by atoms with Crippen molar-refractivity contribution in [3.8, 4) is 0 Å². The Morgan fingerprint density at radius 1 is 1.40 bits per heavy atom. The molecule has 2 heterocycles. The smallest absolute Gasteiger partial charge is 0.128 e. The molecular weight excluding hydrogens is 246 g/mol. The molecule has 3 nitrogen and oxygen atoms in total. The molecule has 0 aromatic carbocycles. The topological polar surface area (TPSA) is 28.2 Å². The summed E-state index contributed by atoms with van der Waals surface area (Å²) in [6.45, 7) is 12.5. The van der Waals surface area contributed by atoms with E-state index in [9.17, 15) is 0 Å². The van der Waals surface area contributed by atoms with Gasteiger partial charge in [0, 0.05) is 25.3 Å². The molecule has 1 aliphatic rings. The molecule has 2 unspecified atom stereocenters. The van der Waals surface area contributed by atoms with E-state index in [1.54, 1.807) is 0 Å². The molecule has 1 aromatic rings. The van der Waals surface area contributed by atoms with Crippen LogP contribution in [0.25, 0.3) is 0 Å². The second-order valence-electron chi connectivity index (χ2n) is 6.36. The number of rotatable bonds is 6. The number of hydrogen-bond donors (Lipinski definition) is 1. The fraction of sp³-hybridized carbons (Fsp3) is 0.706. The molecule has 2 rings (SSSR count). The zero-order valence-corrected chi connectivity index (χ0v) is 13.4. The SMILES string of the molecule is CCCNC(C)c1ccnc(N2CCC(C(C)C)C2)c1. The highest BCUT2D eigenvalue weighted by Gasteiger charge is 2.25. The average molecular weight is 275 g/mol. The summed E-state index contributed by atoms with van der Waals surface area (Å²) in [6.07, 6.45) is 4.43. The predicted octanol–water partition coefficient (Wildman–Crippen LogP) is 3.62. The van der Waals surface area contributed by atoms with Gasteiger partial charge < -0.3 is 10.2 Å². The Bertz CT molecular complexity index is 416. The van der Waals surface area contributed by atoms with Crippen molar-refractivity contribution in [2.75, 3.05) is 24.5 Å². The number of aromatic nitrogens is 1. The molecule has 0 spiro atoms. The van der Waals surface area contributed by atoms with Crippen LogP contribution in [-0.4, -0.2) is 24.6 Å². The van der Waals surface area contributed by atoms with Gasteiger partial charge in [-0.2, -0.15) is 0 Å². The largest absolute Gasteiger partial charge is 0.356 e. The maximum Gasteiger partial charge on any atom is 0.128 e. The third-order valence-corrected chi connectivity index (χ3v) is 4.46. The third-order valence-electron chi connectivity index (χ3n) is 4.46. The van der Waals surface area contributed by atoms with Gasteiger partial charge in [-0.3, -0.25) is 0 Å². The van der Waals surface area contributed by atoms with E-state index in [1.165, 1.54) is 18.4 Å². The minimum atomic E-state index is 0.403. The normalized spacial score (nSPS) is 20.6. The van der Waals surface area contributed by atoms with Gasteiger partial charge in [0.2, 0.25) is 0 Å². The summed E-state index contributed by atoms with van der Waals surface area (Å²) in [5, 5.41) is 3.55. The van der Waals surface area contributed by atoms with Crippen LogP contribution in [0.4, 0.5) is 5.82 Å². The van der Waals surface area contributed by atoms with Crippen molar-refractivity contribution in [3.63, 3.8) is 0 Å². The van der Waals surface area contributed by atoms with Crippen LogP contribution in [0.5, 0.6) is 0 Å². The summed E-state index contributed by atoms with van der Waals surface area (Å²) in [5.74, 6) is 2.74. The van der Waals surface area contributed by atoms with Crippen LogP contribution in [-0.2, 0) is 0 Å². The van der Waals surface area contributed by atoms with Gasteiger partial charge in [0.1, 0.15) is 5.82 Å². The average Bonchev–Trinajstić information content (AvgIpc) is 2.95. The summed E-state index contributed by atoms with van der Waals surface area (Å²) in [7, 11) is 0. The van der Waals surface area contributed by atoms with E-state index in [0.29, 0.717) is 6.04 Å². The fourth-order valence-electron chi connectivity index (χ4n) is 2.89. The second kappa shape index (κ2) is 7.07. The Labute approximate surface area is 123 Å². The highest BCUT2D eigenvalue weighted by Crippen LogP contribution is 2.28. The van der Waals surface area contributed by atoms with E-state index in [1.807, 2.05) is 6.20 Å². The minimum absolute atomic E-state index is 0.403. The van der Waals surface area contributed by atoms with Gasteiger partial charge in [0.25, 0.3) is 0 Å². The van der Waals surface area contributed by atoms with Crippen molar-refractivity contribution in [1.29, 1.82) is 0 Å². The molecule has 1 aliphatic heterocycles. The zero-order valence-electron chi connectivity index (χ0n) is 13.4. The van der Waals surface area contributed by atoms with E-state index in [0.717, 1.165) is 37.3 Å². The van der Waals surface area contributed by atoms with Crippen molar-refractivity contribution < 1.29 is 0 Å². The first-order valence-corrected chi connectivity index (χ1v) is 8.06. The lowest BCUT2D eigenvalue weighted by molar-refractivity contribution is 0.422. The maximum atomic E-state index is 4.58. The van der Waals surface area contributed by atoms with Gasteiger partial charge in [-0.1, -0.05) is 20.8 Å². The van der Waals surface area contributed by atoms with Gasteiger partial charge in [0.05, 0.1) is 0 Å². The maximum absolute atomic E-state index is 4.58. The quantitative estimate of drug-likeness (QED) is 0.859. The van der Waals surface area contributed by atoms with Crippen LogP contribution in [0.3, 0.4) is 0 Å². The molecule has 1 N–H and O–H groups in total.